The molecule has 0 aliphatic heterocycles. The fourth-order valence-corrected chi connectivity index (χ4v) is 4.04. The molecule has 3 rings (SSSR count). The van der Waals surface area contributed by atoms with Crippen LogP contribution >= 0.6 is 23.1 Å². The molecule has 2 heterocycles. The summed E-state index contributed by atoms with van der Waals surface area (Å²) in [6, 6.07) is 6.49. The van der Waals surface area contributed by atoms with E-state index in [4.69, 9.17) is 4.74 Å². The average Bonchev–Trinajstić information content (AvgIpc) is 3.31. The summed E-state index contributed by atoms with van der Waals surface area (Å²) in [5, 5.41) is 17.0. The lowest BCUT2D eigenvalue weighted by molar-refractivity contribution is -0.113. The van der Waals surface area contributed by atoms with Gasteiger partial charge in [-0.2, -0.15) is 0 Å². The quantitative estimate of drug-likeness (QED) is 0.512. The minimum atomic E-state index is -0.362. The first-order valence-electron chi connectivity index (χ1n) is 9.06. The number of nitrogens with one attached hydrogen (secondary N) is 2. The van der Waals surface area contributed by atoms with Gasteiger partial charge < -0.3 is 19.9 Å². The van der Waals surface area contributed by atoms with Gasteiger partial charge in [-0.05, 0) is 38.1 Å². The molecule has 0 spiro atoms. The molecule has 11 heteroatoms. The van der Waals surface area contributed by atoms with Crippen LogP contribution < -0.4 is 15.4 Å². The molecular formula is C19H22N6O3S2. The van der Waals surface area contributed by atoms with Crippen LogP contribution in [0.4, 0.5) is 5.13 Å². The molecule has 30 heavy (non-hydrogen) atoms. The van der Waals surface area contributed by atoms with Crippen LogP contribution in [0, 0.1) is 6.92 Å². The van der Waals surface area contributed by atoms with Gasteiger partial charge >= 0.3 is 0 Å². The van der Waals surface area contributed by atoms with Gasteiger partial charge in [0.2, 0.25) is 5.91 Å². The first-order valence-corrected chi connectivity index (χ1v) is 10.9. The van der Waals surface area contributed by atoms with Crippen molar-refractivity contribution in [1.82, 2.24) is 25.1 Å². The lowest BCUT2D eigenvalue weighted by Gasteiger charge is -2.14. The molecule has 3 aromatic rings. The number of hydrogen-bond acceptors (Lipinski definition) is 8. The second-order valence-electron chi connectivity index (χ2n) is 6.45. The molecule has 9 nitrogen and oxygen atoms in total. The van der Waals surface area contributed by atoms with Crippen molar-refractivity contribution in [2.24, 2.45) is 7.05 Å². The summed E-state index contributed by atoms with van der Waals surface area (Å²) >= 11 is 2.65. The van der Waals surface area contributed by atoms with Gasteiger partial charge in [0.1, 0.15) is 5.75 Å². The van der Waals surface area contributed by atoms with Crippen molar-refractivity contribution in [2.75, 3.05) is 18.2 Å². The molecule has 1 atom stereocenters. The minimum absolute atomic E-state index is 0.167. The maximum atomic E-state index is 12.5. The highest BCUT2D eigenvalue weighted by molar-refractivity contribution is 7.99. The van der Waals surface area contributed by atoms with Crippen LogP contribution in [-0.2, 0) is 11.8 Å². The van der Waals surface area contributed by atoms with Gasteiger partial charge in [-0.3, -0.25) is 9.59 Å². The number of carbonyl (C=O) groups excluding carboxylic acids is 2. The fraction of sp³-hybridized carbons (Fsp3) is 0.316. The summed E-state index contributed by atoms with van der Waals surface area (Å²) in [4.78, 5) is 28.8. The summed E-state index contributed by atoms with van der Waals surface area (Å²) in [7, 11) is 3.38. The maximum Gasteiger partial charge on any atom is 0.251 e. The molecule has 0 radical (unpaired) electrons. The first kappa shape index (κ1) is 21.8. The van der Waals surface area contributed by atoms with Gasteiger partial charge in [0.05, 0.1) is 24.6 Å². The third-order valence-electron chi connectivity index (χ3n) is 4.15. The lowest BCUT2D eigenvalue weighted by atomic mass is 10.2. The van der Waals surface area contributed by atoms with E-state index < -0.39 is 0 Å². The smallest absolute Gasteiger partial charge is 0.251 e. The van der Waals surface area contributed by atoms with Gasteiger partial charge in [-0.1, -0.05) is 11.8 Å². The van der Waals surface area contributed by atoms with E-state index in [-0.39, 0.29) is 23.6 Å². The van der Waals surface area contributed by atoms with Crippen LogP contribution in [0.25, 0.3) is 0 Å². The maximum absolute atomic E-state index is 12.5. The van der Waals surface area contributed by atoms with Crippen LogP contribution in [0.5, 0.6) is 5.75 Å². The number of carbonyl (C=O) groups is 2. The van der Waals surface area contributed by atoms with E-state index in [1.807, 2.05) is 19.2 Å². The van der Waals surface area contributed by atoms with Crippen molar-refractivity contribution >= 4 is 40.0 Å². The highest BCUT2D eigenvalue weighted by Crippen LogP contribution is 2.21. The Bertz CT molecular complexity index is 1030. The lowest BCUT2D eigenvalue weighted by Crippen LogP contribution is -2.28. The summed E-state index contributed by atoms with van der Waals surface area (Å²) in [5.41, 5.74) is 1.39. The SMILES string of the molecule is COc1ccc(C(=O)N[C@H](C)c2nnc(SCC(=O)Nc3nc(C)cs3)n2C)cc1. The number of aryl methyl sites for hydroxylation is 1. The number of nitrogens with zero attached hydrogens (tertiary/aromatic N) is 4. The molecule has 0 aliphatic carbocycles. The third-order valence-corrected chi connectivity index (χ3v) is 6.05. The number of thiazole rings is 1. The summed E-state index contributed by atoms with van der Waals surface area (Å²) in [5.74, 6) is 1.07. The Kier molecular flexibility index (Phi) is 7.06. The number of hydrogen-bond donors (Lipinski definition) is 2. The minimum Gasteiger partial charge on any atom is -0.497 e. The molecule has 2 N–H and O–H groups in total. The highest BCUT2D eigenvalue weighted by Gasteiger charge is 2.19. The average molecular weight is 447 g/mol. The number of rotatable bonds is 8. The van der Waals surface area contributed by atoms with Crippen molar-refractivity contribution < 1.29 is 14.3 Å². The summed E-state index contributed by atoms with van der Waals surface area (Å²) in [6.07, 6.45) is 0. The largest absolute Gasteiger partial charge is 0.497 e. The molecule has 2 amide bonds. The molecule has 158 valence electrons. The molecule has 0 saturated heterocycles. The monoisotopic (exact) mass is 446 g/mol. The number of aromatic nitrogens is 4. The summed E-state index contributed by atoms with van der Waals surface area (Å²) in [6.45, 7) is 3.70. The van der Waals surface area contributed by atoms with Crippen molar-refractivity contribution in [3.8, 4) is 5.75 Å². The molecule has 0 bridgehead atoms. The Morgan fingerprint density at radius 2 is 2.00 bits per heavy atom. The fourth-order valence-electron chi connectivity index (χ4n) is 2.61. The molecule has 1 aromatic carbocycles. The van der Waals surface area contributed by atoms with E-state index in [9.17, 15) is 9.59 Å². The molecule has 0 unspecified atom stereocenters. The second-order valence-corrected chi connectivity index (χ2v) is 8.25. The first-order chi connectivity index (χ1) is 14.4. The number of methoxy groups -OCH3 is 1. The van der Waals surface area contributed by atoms with Crippen LogP contribution in [0.2, 0.25) is 0 Å². The van der Waals surface area contributed by atoms with Gasteiger partial charge in [0, 0.05) is 18.0 Å². The molecule has 0 fully saturated rings. The Balaban J connectivity index is 1.56. The molecule has 2 aromatic heterocycles. The van der Waals surface area contributed by atoms with Crippen LogP contribution in [0.3, 0.4) is 0 Å². The zero-order chi connectivity index (χ0) is 21.7. The normalized spacial score (nSPS) is 11.7. The predicted octanol–water partition coefficient (Wildman–Crippen LogP) is 2.81. The Hall–Kier alpha value is -2.92. The summed E-state index contributed by atoms with van der Waals surface area (Å²) < 4.78 is 6.87. The van der Waals surface area contributed by atoms with E-state index in [0.717, 1.165) is 5.69 Å². The predicted molar refractivity (Wildman–Crippen MR) is 116 cm³/mol. The number of ether oxygens (including phenoxy) is 1. The zero-order valence-electron chi connectivity index (χ0n) is 17.0. The molecule has 0 aliphatic rings. The molecular weight excluding hydrogens is 424 g/mol. The van der Waals surface area contributed by atoms with Gasteiger partial charge in [0.25, 0.3) is 5.91 Å². The van der Waals surface area contributed by atoms with Gasteiger partial charge in [-0.25, -0.2) is 4.98 Å². The standard InChI is InChI=1S/C19H22N6O3S2/c1-11-9-29-18(20-11)22-15(26)10-30-19-24-23-16(25(19)3)12(2)21-17(27)13-5-7-14(28-4)8-6-13/h5-9,12H,10H2,1-4H3,(H,21,27)(H,20,22,26)/t12-/m1/s1. The van der Waals surface area contributed by atoms with E-state index >= 15 is 0 Å². The molecule has 0 saturated carbocycles. The third kappa shape index (κ3) is 5.36. The van der Waals surface area contributed by atoms with Crippen LogP contribution in [-0.4, -0.2) is 44.4 Å². The van der Waals surface area contributed by atoms with E-state index in [1.165, 1.54) is 23.1 Å². The van der Waals surface area contributed by atoms with Crippen molar-refractivity contribution in [2.45, 2.75) is 25.0 Å². The second kappa shape index (κ2) is 9.72. The van der Waals surface area contributed by atoms with Gasteiger partial charge in [-0.15, -0.1) is 21.5 Å². The van der Waals surface area contributed by atoms with E-state index in [2.05, 4.69) is 25.8 Å². The number of benzene rings is 1. The number of amides is 2. The van der Waals surface area contributed by atoms with Crippen LogP contribution in [0.1, 0.15) is 34.8 Å². The van der Waals surface area contributed by atoms with Gasteiger partial charge in [0.15, 0.2) is 16.1 Å². The van der Waals surface area contributed by atoms with Crippen molar-refractivity contribution in [3.05, 3.63) is 46.7 Å². The Labute approximate surface area is 182 Å². The topological polar surface area (TPSA) is 111 Å². The highest BCUT2D eigenvalue weighted by atomic mass is 32.2. The number of anilines is 1. The van der Waals surface area contributed by atoms with E-state index in [0.29, 0.717) is 27.4 Å². The van der Waals surface area contributed by atoms with Crippen LogP contribution in [0.15, 0.2) is 34.8 Å². The zero-order valence-corrected chi connectivity index (χ0v) is 18.6. The number of thioether (sulfide) groups is 1. The Morgan fingerprint density at radius 3 is 2.63 bits per heavy atom. The van der Waals surface area contributed by atoms with Crippen molar-refractivity contribution in [1.29, 1.82) is 0 Å². The van der Waals surface area contributed by atoms with Crippen molar-refractivity contribution in [3.63, 3.8) is 0 Å². The van der Waals surface area contributed by atoms with E-state index in [1.54, 1.807) is 43.0 Å². The Morgan fingerprint density at radius 1 is 1.27 bits per heavy atom.